The van der Waals surface area contributed by atoms with Crippen LogP contribution in [0.2, 0.25) is 0 Å². The second-order valence-electron chi connectivity index (χ2n) is 5.11. The smallest absolute Gasteiger partial charge is 0.168 e. The highest BCUT2D eigenvalue weighted by atomic mass is 16.7. The second kappa shape index (κ2) is 8.93. The third kappa shape index (κ3) is 5.87. The van der Waals surface area contributed by atoms with Crippen molar-refractivity contribution in [2.75, 3.05) is 13.2 Å². The van der Waals surface area contributed by atoms with Gasteiger partial charge in [0.1, 0.15) is 0 Å². The number of rotatable bonds is 4. The van der Waals surface area contributed by atoms with Crippen molar-refractivity contribution in [3.63, 3.8) is 0 Å². The Morgan fingerprint density at radius 1 is 0.647 bits per heavy atom. The molecule has 0 atom stereocenters. The molecule has 1 aliphatic carbocycles. The summed E-state index contributed by atoms with van der Waals surface area (Å²) in [7, 11) is 0. The van der Waals surface area contributed by atoms with Crippen molar-refractivity contribution in [1.82, 2.24) is 0 Å². The molecule has 0 radical (unpaired) electrons. The van der Waals surface area contributed by atoms with Gasteiger partial charge < -0.3 is 9.47 Å². The Labute approximate surface area is 107 Å². The van der Waals surface area contributed by atoms with Gasteiger partial charge in [0.25, 0.3) is 0 Å². The Bertz CT molecular complexity index is 160. The molecule has 0 aliphatic heterocycles. The molecular formula is C15H30O2. The highest BCUT2D eigenvalue weighted by Crippen LogP contribution is 2.29. The second-order valence-corrected chi connectivity index (χ2v) is 5.11. The molecule has 0 unspecified atom stereocenters. The molecule has 1 aliphatic rings. The van der Waals surface area contributed by atoms with Crippen LogP contribution in [0.5, 0.6) is 0 Å². The largest absolute Gasteiger partial charge is 0.350 e. The normalized spacial score (nSPS) is 22.9. The van der Waals surface area contributed by atoms with Crippen LogP contribution in [0, 0.1) is 0 Å². The molecule has 0 aromatic heterocycles. The molecule has 0 heterocycles. The van der Waals surface area contributed by atoms with Gasteiger partial charge >= 0.3 is 0 Å². The predicted molar refractivity (Wildman–Crippen MR) is 72.2 cm³/mol. The van der Waals surface area contributed by atoms with Crippen LogP contribution in [0.4, 0.5) is 0 Å². The first-order valence-corrected chi connectivity index (χ1v) is 7.61. The van der Waals surface area contributed by atoms with Gasteiger partial charge in [0.2, 0.25) is 0 Å². The third-order valence-electron chi connectivity index (χ3n) is 3.68. The SMILES string of the molecule is CCOC1(OCC)CCCCCCCCCC1. The summed E-state index contributed by atoms with van der Waals surface area (Å²) in [5.74, 6) is -0.270. The van der Waals surface area contributed by atoms with Gasteiger partial charge in [-0.25, -0.2) is 0 Å². The molecular weight excluding hydrogens is 212 g/mol. The third-order valence-corrected chi connectivity index (χ3v) is 3.68. The molecule has 0 bridgehead atoms. The lowest BCUT2D eigenvalue weighted by Crippen LogP contribution is -2.36. The average molecular weight is 242 g/mol. The zero-order chi connectivity index (χ0) is 12.4. The summed E-state index contributed by atoms with van der Waals surface area (Å²) in [6, 6.07) is 0. The van der Waals surface area contributed by atoms with Gasteiger partial charge in [-0.1, -0.05) is 38.5 Å². The first-order chi connectivity index (χ1) is 8.33. The Morgan fingerprint density at radius 2 is 1.00 bits per heavy atom. The Hall–Kier alpha value is -0.0800. The van der Waals surface area contributed by atoms with Crippen LogP contribution in [-0.4, -0.2) is 19.0 Å². The van der Waals surface area contributed by atoms with Crippen molar-refractivity contribution in [3.8, 4) is 0 Å². The van der Waals surface area contributed by atoms with Crippen molar-refractivity contribution < 1.29 is 9.47 Å². The lowest BCUT2D eigenvalue weighted by atomic mass is 10.0. The molecule has 2 nitrogen and oxygen atoms in total. The lowest BCUT2D eigenvalue weighted by Gasteiger charge is -2.33. The zero-order valence-electron chi connectivity index (χ0n) is 11.8. The lowest BCUT2D eigenvalue weighted by molar-refractivity contribution is -0.242. The van der Waals surface area contributed by atoms with Gasteiger partial charge in [-0.05, 0) is 26.7 Å². The molecule has 0 aromatic rings. The standard InChI is InChI=1S/C15H30O2/c1-3-16-15(17-4-2)13-11-9-7-5-6-8-10-12-14-15/h3-14H2,1-2H3. The zero-order valence-corrected chi connectivity index (χ0v) is 11.8. The van der Waals surface area contributed by atoms with E-state index < -0.39 is 0 Å². The number of ether oxygens (including phenoxy) is 2. The minimum absolute atomic E-state index is 0.270. The summed E-state index contributed by atoms with van der Waals surface area (Å²) in [5.41, 5.74) is 0. The Balaban J connectivity index is 2.53. The molecule has 0 amide bonds. The molecule has 0 saturated heterocycles. The molecule has 17 heavy (non-hydrogen) atoms. The van der Waals surface area contributed by atoms with Gasteiger partial charge in [0.15, 0.2) is 5.79 Å². The van der Waals surface area contributed by atoms with Gasteiger partial charge in [-0.15, -0.1) is 0 Å². The molecule has 1 rings (SSSR count). The fraction of sp³-hybridized carbons (Fsp3) is 1.00. The van der Waals surface area contributed by atoms with Crippen molar-refractivity contribution in [3.05, 3.63) is 0 Å². The highest BCUT2D eigenvalue weighted by Gasteiger charge is 2.30. The van der Waals surface area contributed by atoms with Crippen LogP contribution in [-0.2, 0) is 9.47 Å². The highest BCUT2D eigenvalue weighted by molar-refractivity contribution is 4.71. The van der Waals surface area contributed by atoms with Gasteiger partial charge in [-0.2, -0.15) is 0 Å². The summed E-state index contributed by atoms with van der Waals surface area (Å²) in [6.07, 6.45) is 12.9. The number of hydrogen-bond acceptors (Lipinski definition) is 2. The van der Waals surface area contributed by atoms with Crippen molar-refractivity contribution >= 4 is 0 Å². The van der Waals surface area contributed by atoms with Crippen molar-refractivity contribution in [2.24, 2.45) is 0 Å². The summed E-state index contributed by atoms with van der Waals surface area (Å²) >= 11 is 0. The molecule has 1 saturated carbocycles. The maximum absolute atomic E-state index is 5.96. The van der Waals surface area contributed by atoms with E-state index in [0.29, 0.717) is 0 Å². The Kier molecular flexibility index (Phi) is 7.87. The van der Waals surface area contributed by atoms with E-state index >= 15 is 0 Å². The number of hydrogen-bond donors (Lipinski definition) is 0. The summed E-state index contributed by atoms with van der Waals surface area (Å²) < 4.78 is 11.9. The molecule has 1 fully saturated rings. The first kappa shape index (κ1) is 15.0. The molecule has 0 N–H and O–H groups in total. The maximum atomic E-state index is 5.96. The monoisotopic (exact) mass is 242 g/mol. The van der Waals surface area contributed by atoms with E-state index in [1.165, 1.54) is 51.4 Å². The van der Waals surface area contributed by atoms with Crippen LogP contribution in [0.15, 0.2) is 0 Å². The molecule has 0 aromatic carbocycles. The summed E-state index contributed by atoms with van der Waals surface area (Å²) in [4.78, 5) is 0. The van der Waals surface area contributed by atoms with Gasteiger partial charge in [0.05, 0.1) is 0 Å². The topological polar surface area (TPSA) is 18.5 Å². The first-order valence-electron chi connectivity index (χ1n) is 7.61. The van der Waals surface area contributed by atoms with Gasteiger partial charge in [0, 0.05) is 26.1 Å². The Morgan fingerprint density at radius 3 is 1.35 bits per heavy atom. The maximum Gasteiger partial charge on any atom is 0.168 e. The van der Waals surface area contributed by atoms with Crippen LogP contribution >= 0.6 is 0 Å². The minimum atomic E-state index is -0.270. The van der Waals surface area contributed by atoms with Crippen LogP contribution in [0.3, 0.4) is 0 Å². The minimum Gasteiger partial charge on any atom is -0.350 e. The van der Waals surface area contributed by atoms with Crippen LogP contribution in [0.25, 0.3) is 0 Å². The predicted octanol–water partition coefficient (Wildman–Crippen LogP) is 4.67. The van der Waals surface area contributed by atoms with Gasteiger partial charge in [-0.3, -0.25) is 0 Å². The van der Waals surface area contributed by atoms with E-state index in [-0.39, 0.29) is 5.79 Å². The van der Waals surface area contributed by atoms with Crippen LogP contribution in [0.1, 0.15) is 78.1 Å². The van der Waals surface area contributed by atoms with E-state index in [9.17, 15) is 0 Å². The van der Waals surface area contributed by atoms with E-state index in [1.54, 1.807) is 0 Å². The molecule has 102 valence electrons. The van der Waals surface area contributed by atoms with E-state index in [4.69, 9.17) is 9.47 Å². The van der Waals surface area contributed by atoms with E-state index in [0.717, 1.165) is 26.1 Å². The van der Waals surface area contributed by atoms with E-state index in [1.807, 2.05) is 0 Å². The van der Waals surface area contributed by atoms with Crippen LogP contribution < -0.4 is 0 Å². The van der Waals surface area contributed by atoms with Crippen molar-refractivity contribution in [1.29, 1.82) is 0 Å². The summed E-state index contributed by atoms with van der Waals surface area (Å²) in [5, 5.41) is 0. The van der Waals surface area contributed by atoms with Crippen molar-refractivity contribution in [2.45, 2.75) is 83.8 Å². The average Bonchev–Trinajstić information content (AvgIpc) is 2.36. The fourth-order valence-corrected chi connectivity index (χ4v) is 2.83. The quantitative estimate of drug-likeness (QED) is 0.667. The van der Waals surface area contributed by atoms with E-state index in [2.05, 4.69) is 13.8 Å². The molecule has 0 spiro atoms. The fourth-order valence-electron chi connectivity index (χ4n) is 2.83. The summed E-state index contributed by atoms with van der Waals surface area (Å²) in [6.45, 7) is 5.68. The molecule has 2 heteroatoms.